The number of hydrogen-bond donors (Lipinski definition) is 3. The first-order valence-corrected chi connectivity index (χ1v) is 11.6. The van der Waals surface area contributed by atoms with Gasteiger partial charge in [-0.25, -0.2) is 8.42 Å². The van der Waals surface area contributed by atoms with E-state index in [1.807, 2.05) is 0 Å². The van der Waals surface area contributed by atoms with E-state index in [9.17, 15) is 23.7 Å². The number of rotatable bonds is 12. The summed E-state index contributed by atoms with van der Waals surface area (Å²) in [4.78, 5) is -0.478. The van der Waals surface area contributed by atoms with Gasteiger partial charge in [0.1, 0.15) is 32.8 Å². The summed E-state index contributed by atoms with van der Waals surface area (Å²) in [5.41, 5.74) is 0. The number of unbranched alkanes of at least 4 members (excludes halogenated alkanes) is 7. The molecule has 3 N–H and O–H groups in total. The molecule has 0 saturated heterocycles. The van der Waals surface area contributed by atoms with E-state index in [0.29, 0.717) is 6.61 Å². The van der Waals surface area contributed by atoms with Crippen LogP contribution in [0.3, 0.4) is 0 Å². The Hall–Kier alpha value is -2.41. The van der Waals surface area contributed by atoms with Crippen LogP contribution in [0.25, 0.3) is 0 Å². The highest BCUT2D eigenvalue weighted by Crippen LogP contribution is 2.37. The molecule has 0 aliphatic carbocycles. The minimum atomic E-state index is -4.09. The highest BCUT2D eigenvalue weighted by molar-refractivity contribution is 7.91. The molecule has 0 fully saturated rings. The third-order valence-corrected chi connectivity index (χ3v) is 6.54. The summed E-state index contributed by atoms with van der Waals surface area (Å²) in [5.74, 6) is -0.851. The topological polar surface area (TPSA) is 104 Å². The normalized spacial score (nSPS) is 11.5. The molecule has 2 rings (SSSR count). The molecule has 0 amide bonds. The molecule has 0 atom stereocenters. The lowest BCUT2D eigenvalue weighted by molar-refractivity contribution is 0.295. The Labute approximate surface area is 172 Å². The Bertz CT molecular complexity index is 892. The Morgan fingerprint density at radius 1 is 0.759 bits per heavy atom. The molecule has 2 aromatic rings. The van der Waals surface area contributed by atoms with Crippen LogP contribution in [0.1, 0.15) is 58.3 Å². The molecule has 0 aliphatic rings. The zero-order chi connectivity index (χ0) is 21.3. The van der Waals surface area contributed by atoms with Gasteiger partial charge in [-0.15, -0.1) is 0 Å². The van der Waals surface area contributed by atoms with Crippen molar-refractivity contribution in [3.05, 3.63) is 36.4 Å². The maximum absolute atomic E-state index is 13.0. The van der Waals surface area contributed by atoms with Crippen molar-refractivity contribution in [3.8, 4) is 23.0 Å². The molecule has 6 nitrogen and oxygen atoms in total. The van der Waals surface area contributed by atoms with Crippen molar-refractivity contribution in [3.63, 3.8) is 0 Å². The molecule has 0 saturated carbocycles. The molecule has 0 aromatic heterocycles. The van der Waals surface area contributed by atoms with Gasteiger partial charge in [0.05, 0.1) is 6.61 Å². The van der Waals surface area contributed by atoms with Gasteiger partial charge in [-0.3, -0.25) is 0 Å². The number of ether oxygens (including phenoxy) is 1. The predicted octanol–water partition coefficient (Wildman–Crippen LogP) is 5.16. The maximum Gasteiger partial charge on any atom is 0.213 e. The van der Waals surface area contributed by atoms with Crippen LogP contribution in [-0.4, -0.2) is 30.3 Å². The first-order chi connectivity index (χ1) is 13.9. The number of benzene rings is 2. The quantitative estimate of drug-likeness (QED) is 0.408. The number of hydrogen-bond acceptors (Lipinski definition) is 6. The summed E-state index contributed by atoms with van der Waals surface area (Å²) in [6.45, 7) is 2.53. The van der Waals surface area contributed by atoms with Crippen molar-refractivity contribution in [1.29, 1.82) is 0 Å². The standard InChI is InChI=1S/C22H30O6S/c1-2-3-4-5-6-7-8-9-14-28-20-16-18(24)11-13-22(20)29(26,27)21-12-10-17(23)15-19(21)25/h10-13,15-16,23-25H,2-9,14H2,1H3. The van der Waals surface area contributed by atoms with E-state index in [2.05, 4.69) is 6.92 Å². The molecular formula is C22H30O6S. The van der Waals surface area contributed by atoms with Crippen LogP contribution < -0.4 is 4.74 Å². The average molecular weight is 423 g/mol. The van der Waals surface area contributed by atoms with Gasteiger partial charge in [0.2, 0.25) is 9.84 Å². The van der Waals surface area contributed by atoms with Crippen LogP contribution in [0.5, 0.6) is 23.0 Å². The second-order valence-electron chi connectivity index (χ2n) is 7.11. The van der Waals surface area contributed by atoms with E-state index in [-0.39, 0.29) is 27.0 Å². The Morgan fingerprint density at radius 2 is 1.31 bits per heavy atom. The second-order valence-corrected chi connectivity index (χ2v) is 9.00. The van der Waals surface area contributed by atoms with E-state index in [4.69, 9.17) is 4.74 Å². The summed E-state index contributed by atoms with van der Waals surface area (Å²) >= 11 is 0. The van der Waals surface area contributed by atoms with Gasteiger partial charge in [-0.05, 0) is 30.7 Å². The van der Waals surface area contributed by atoms with Crippen LogP contribution in [-0.2, 0) is 9.84 Å². The number of phenols is 3. The molecule has 0 aliphatic heterocycles. The Balaban J connectivity index is 2.02. The smallest absolute Gasteiger partial charge is 0.213 e. The van der Waals surface area contributed by atoms with E-state index < -0.39 is 15.6 Å². The fraction of sp³-hybridized carbons (Fsp3) is 0.455. The Kier molecular flexibility index (Phi) is 8.64. The molecule has 0 bridgehead atoms. The van der Waals surface area contributed by atoms with Crippen molar-refractivity contribution in [2.75, 3.05) is 6.61 Å². The van der Waals surface area contributed by atoms with Crippen molar-refractivity contribution in [1.82, 2.24) is 0 Å². The van der Waals surface area contributed by atoms with Gasteiger partial charge in [0, 0.05) is 12.1 Å². The van der Waals surface area contributed by atoms with Gasteiger partial charge in [0.25, 0.3) is 0 Å². The van der Waals surface area contributed by atoms with E-state index in [1.54, 1.807) is 0 Å². The first kappa shape index (κ1) is 22.9. The van der Waals surface area contributed by atoms with Gasteiger partial charge >= 0.3 is 0 Å². The lowest BCUT2D eigenvalue weighted by Crippen LogP contribution is -2.07. The predicted molar refractivity (Wildman–Crippen MR) is 111 cm³/mol. The average Bonchev–Trinajstić information content (AvgIpc) is 2.66. The lowest BCUT2D eigenvalue weighted by atomic mass is 10.1. The molecule has 0 heterocycles. The summed E-state index contributed by atoms with van der Waals surface area (Å²) in [5, 5.41) is 29.1. The van der Waals surface area contributed by atoms with Crippen molar-refractivity contribution >= 4 is 9.84 Å². The lowest BCUT2D eigenvalue weighted by Gasteiger charge is -2.13. The summed E-state index contributed by atoms with van der Waals surface area (Å²) in [6, 6.07) is 7.06. The fourth-order valence-corrected chi connectivity index (χ4v) is 4.55. The van der Waals surface area contributed by atoms with E-state index in [0.717, 1.165) is 31.4 Å². The largest absolute Gasteiger partial charge is 0.508 e. The minimum Gasteiger partial charge on any atom is -0.508 e. The van der Waals surface area contributed by atoms with Gasteiger partial charge in [-0.1, -0.05) is 51.9 Å². The Morgan fingerprint density at radius 3 is 1.93 bits per heavy atom. The third-order valence-electron chi connectivity index (χ3n) is 4.70. The van der Waals surface area contributed by atoms with Gasteiger partial charge < -0.3 is 20.1 Å². The highest BCUT2D eigenvalue weighted by Gasteiger charge is 2.26. The van der Waals surface area contributed by atoms with Crippen molar-refractivity contribution in [2.24, 2.45) is 0 Å². The summed E-state index contributed by atoms with van der Waals surface area (Å²) in [7, 11) is -4.09. The van der Waals surface area contributed by atoms with E-state index >= 15 is 0 Å². The SMILES string of the molecule is CCCCCCCCCCOc1cc(O)ccc1S(=O)(=O)c1ccc(O)cc1O. The molecule has 7 heteroatoms. The van der Waals surface area contributed by atoms with Gasteiger partial charge in [-0.2, -0.15) is 0 Å². The minimum absolute atomic E-state index is 0.0421. The van der Waals surface area contributed by atoms with Crippen LogP contribution in [0, 0.1) is 0 Å². The molecular weight excluding hydrogens is 392 g/mol. The second kappa shape index (κ2) is 11.0. The number of phenolic OH excluding ortho intramolecular Hbond substituents is 3. The van der Waals surface area contributed by atoms with E-state index in [1.165, 1.54) is 56.4 Å². The number of sulfone groups is 1. The fourth-order valence-electron chi connectivity index (χ4n) is 3.10. The zero-order valence-corrected chi connectivity index (χ0v) is 17.6. The highest BCUT2D eigenvalue weighted by atomic mass is 32.2. The molecule has 160 valence electrons. The van der Waals surface area contributed by atoms with Crippen LogP contribution in [0.2, 0.25) is 0 Å². The molecule has 0 spiro atoms. The van der Waals surface area contributed by atoms with Crippen LogP contribution in [0.15, 0.2) is 46.2 Å². The molecule has 29 heavy (non-hydrogen) atoms. The van der Waals surface area contributed by atoms with Crippen LogP contribution >= 0.6 is 0 Å². The van der Waals surface area contributed by atoms with Crippen molar-refractivity contribution in [2.45, 2.75) is 68.1 Å². The summed E-state index contributed by atoms with van der Waals surface area (Å²) < 4.78 is 31.6. The van der Waals surface area contributed by atoms with Crippen molar-refractivity contribution < 1.29 is 28.5 Å². The molecule has 0 radical (unpaired) electrons. The number of aromatic hydroxyl groups is 3. The van der Waals surface area contributed by atoms with Crippen LogP contribution in [0.4, 0.5) is 0 Å². The van der Waals surface area contributed by atoms with Gasteiger partial charge in [0.15, 0.2) is 0 Å². The maximum atomic E-state index is 13.0. The zero-order valence-electron chi connectivity index (χ0n) is 16.8. The summed E-state index contributed by atoms with van der Waals surface area (Å²) in [6.07, 6.45) is 9.07. The molecule has 0 unspecified atom stereocenters. The molecule has 2 aromatic carbocycles. The monoisotopic (exact) mass is 422 g/mol. The third kappa shape index (κ3) is 6.56. The first-order valence-electron chi connectivity index (χ1n) is 10.1.